The third kappa shape index (κ3) is 5.03. The summed E-state index contributed by atoms with van der Waals surface area (Å²) in [5.41, 5.74) is 4.41. The van der Waals surface area contributed by atoms with Gasteiger partial charge in [0.05, 0.1) is 16.8 Å². The lowest BCUT2D eigenvalue weighted by molar-refractivity contribution is 0.0739. The average Bonchev–Trinajstić information content (AvgIpc) is 3.17. The average molecular weight is 399 g/mol. The molecular formula is C20H15ClN2O3S. The Bertz CT molecular complexity index is 1000. The number of thiophene rings is 1. The van der Waals surface area contributed by atoms with E-state index in [1.54, 1.807) is 54.6 Å². The summed E-state index contributed by atoms with van der Waals surface area (Å²) in [4.78, 5) is 24.6. The molecule has 136 valence electrons. The molecule has 0 aliphatic heterocycles. The molecule has 1 N–H and O–H groups in total. The maximum Gasteiger partial charge on any atom is 0.353 e. The van der Waals surface area contributed by atoms with Crippen LogP contribution in [0.25, 0.3) is 0 Å². The van der Waals surface area contributed by atoms with Crippen LogP contribution in [0.2, 0.25) is 5.02 Å². The standard InChI is InChI=1S/C20H15ClN2O3S/c1-13-7-8-16(17(21)10-13)19(24)23-22-12-14-4-2-5-15(11-14)26-20(25)18-6-3-9-27-18/h2-12H,1H3,(H,23,24)/b22-12+. The molecule has 2 aromatic carbocycles. The Labute approximate surface area is 165 Å². The smallest absolute Gasteiger partial charge is 0.353 e. The Morgan fingerprint density at radius 1 is 1.15 bits per heavy atom. The summed E-state index contributed by atoms with van der Waals surface area (Å²) < 4.78 is 5.33. The van der Waals surface area contributed by atoms with Crippen LogP contribution in [0.1, 0.15) is 31.2 Å². The van der Waals surface area contributed by atoms with E-state index in [4.69, 9.17) is 16.3 Å². The number of hydrazone groups is 1. The number of ether oxygens (including phenoxy) is 1. The van der Waals surface area contributed by atoms with Gasteiger partial charge < -0.3 is 4.74 Å². The van der Waals surface area contributed by atoms with E-state index in [1.165, 1.54) is 17.6 Å². The molecule has 0 saturated heterocycles. The quantitative estimate of drug-likeness (QED) is 0.293. The Balaban J connectivity index is 1.63. The molecule has 0 aliphatic rings. The Kier molecular flexibility index (Phi) is 6.01. The predicted octanol–water partition coefficient (Wildman–Crippen LogP) is 4.69. The van der Waals surface area contributed by atoms with Crippen LogP contribution in [0.5, 0.6) is 5.75 Å². The van der Waals surface area contributed by atoms with Crippen LogP contribution in [0.15, 0.2) is 65.1 Å². The third-order valence-electron chi connectivity index (χ3n) is 3.54. The summed E-state index contributed by atoms with van der Waals surface area (Å²) in [7, 11) is 0. The van der Waals surface area contributed by atoms with Gasteiger partial charge in [0.25, 0.3) is 5.91 Å². The van der Waals surface area contributed by atoms with Crippen LogP contribution >= 0.6 is 22.9 Å². The zero-order chi connectivity index (χ0) is 19.2. The van der Waals surface area contributed by atoms with Crippen molar-refractivity contribution in [3.05, 3.63) is 86.6 Å². The van der Waals surface area contributed by atoms with E-state index in [2.05, 4.69) is 10.5 Å². The highest BCUT2D eigenvalue weighted by molar-refractivity contribution is 7.12. The van der Waals surface area contributed by atoms with E-state index in [-0.39, 0.29) is 0 Å². The van der Waals surface area contributed by atoms with Gasteiger partial charge in [-0.2, -0.15) is 5.10 Å². The summed E-state index contributed by atoms with van der Waals surface area (Å²) in [6, 6.07) is 15.5. The molecule has 0 fully saturated rings. The fourth-order valence-corrected chi connectivity index (χ4v) is 3.16. The zero-order valence-corrected chi connectivity index (χ0v) is 15.9. The van der Waals surface area contributed by atoms with E-state index in [0.29, 0.717) is 26.8 Å². The van der Waals surface area contributed by atoms with Crippen molar-refractivity contribution in [1.29, 1.82) is 0 Å². The lowest BCUT2D eigenvalue weighted by atomic mass is 10.1. The number of nitrogens with zero attached hydrogens (tertiary/aromatic N) is 1. The molecule has 0 unspecified atom stereocenters. The molecule has 1 amide bonds. The number of carbonyl (C=O) groups is 2. The van der Waals surface area contributed by atoms with Crippen LogP contribution in [0.4, 0.5) is 0 Å². The maximum atomic E-state index is 12.1. The number of halogens is 1. The first-order chi connectivity index (χ1) is 13.0. The van der Waals surface area contributed by atoms with Crippen molar-refractivity contribution in [2.45, 2.75) is 6.92 Å². The minimum Gasteiger partial charge on any atom is -0.422 e. The van der Waals surface area contributed by atoms with Crippen molar-refractivity contribution in [1.82, 2.24) is 5.43 Å². The molecule has 3 aromatic rings. The number of nitrogens with one attached hydrogen (secondary N) is 1. The molecule has 1 heterocycles. The molecule has 0 aliphatic carbocycles. The second kappa shape index (κ2) is 8.62. The lowest BCUT2D eigenvalue weighted by Gasteiger charge is -2.04. The van der Waals surface area contributed by atoms with Gasteiger partial charge in [0, 0.05) is 0 Å². The molecule has 5 nitrogen and oxygen atoms in total. The Morgan fingerprint density at radius 2 is 2.00 bits per heavy atom. The van der Waals surface area contributed by atoms with E-state index < -0.39 is 11.9 Å². The van der Waals surface area contributed by atoms with Gasteiger partial charge in [-0.05, 0) is 53.8 Å². The SMILES string of the molecule is Cc1ccc(C(=O)N/N=C/c2cccc(OC(=O)c3cccs3)c2)c(Cl)c1. The lowest BCUT2D eigenvalue weighted by Crippen LogP contribution is -2.18. The molecule has 3 rings (SSSR count). The van der Waals surface area contributed by atoms with Crippen molar-refractivity contribution in [2.75, 3.05) is 0 Å². The molecule has 0 radical (unpaired) electrons. The van der Waals surface area contributed by atoms with Crippen LogP contribution in [0, 0.1) is 6.92 Å². The topological polar surface area (TPSA) is 67.8 Å². The van der Waals surface area contributed by atoms with Gasteiger partial charge in [0.1, 0.15) is 10.6 Å². The summed E-state index contributed by atoms with van der Waals surface area (Å²) in [5, 5.41) is 6.10. The number of rotatable bonds is 5. The van der Waals surface area contributed by atoms with Gasteiger partial charge in [-0.3, -0.25) is 4.79 Å². The number of amides is 1. The van der Waals surface area contributed by atoms with Crippen molar-refractivity contribution < 1.29 is 14.3 Å². The molecular weight excluding hydrogens is 384 g/mol. The van der Waals surface area contributed by atoms with Crippen molar-refractivity contribution in [2.24, 2.45) is 5.10 Å². The first-order valence-electron chi connectivity index (χ1n) is 7.98. The predicted molar refractivity (Wildman–Crippen MR) is 107 cm³/mol. The monoisotopic (exact) mass is 398 g/mol. The number of hydrogen-bond donors (Lipinski definition) is 1. The zero-order valence-electron chi connectivity index (χ0n) is 14.3. The first kappa shape index (κ1) is 18.8. The highest BCUT2D eigenvalue weighted by Gasteiger charge is 2.10. The molecule has 1 aromatic heterocycles. The van der Waals surface area contributed by atoms with Crippen LogP contribution in [-0.2, 0) is 0 Å². The molecule has 0 saturated carbocycles. The first-order valence-corrected chi connectivity index (χ1v) is 9.24. The van der Waals surface area contributed by atoms with Crippen LogP contribution in [-0.4, -0.2) is 18.1 Å². The van der Waals surface area contributed by atoms with Crippen LogP contribution in [0.3, 0.4) is 0 Å². The minimum absolute atomic E-state index is 0.345. The molecule has 0 atom stereocenters. The second-order valence-corrected chi connectivity index (χ2v) is 6.98. The largest absolute Gasteiger partial charge is 0.422 e. The van der Waals surface area contributed by atoms with Gasteiger partial charge in [-0.15, -0.1) is 11.3 Å². The minimum atomic E-state index is -0.415. The van der Waals surface area contributed by atoms with Crippen molar-refractivity contribution >= 4 is 41.0 Å². The fraction of sp³-hybridized carbons (Fsp3) is 0.0500. The highest BCUT2D eigenvalue weighted by Crippen LogP contribution is 2.18. The van der Waals surface area contributed by atoms with E-state index >= 15 is 0 Å². The van der Waals surface area contributed by atoms with Crippen molar-refractivity contribution in [3.63, 3.8) is 0 Å². The van der Waals surface area contributed by atoms with Crippen molar-refractivity contribution in [3.8, 4) is 5.75 Å². The molecule has 0 bridgehead atoms. The summed E-state index contributed by atoms with van der Waals surface area (Å²) in [6.07, 6.45) is 1.46. The number of carbonyl (C=O) groups excluding carboxylic acids is 2. The molecule has 7 heteroatoms. The molecule has 27 heavy (non-hydrogen) atoms. The summed E-state index contributed by atoms with van der Waals surface area (Å²) in [5.74, 6) is -0.428. The van der Waals surface area contributed by atoms with E-state index in [0.717, 1.165) is 5.56 Å². The third-order valence-corrected chi connectivity index (χ3v) is 4.70. The van der Waals surface area contributed by atoms with E-state index in [9.17, 15) is 9.59 Å². The highest BCUT2D eigenvalue weighted by atomic mass is 35.5. The Hall–Kier alpha value is -2.96. The van der Waals surface area contributed by atoms with Gasteiger partial charge in [-0.1, -0.05) is 35.9 Å². The fourth-order valence-electron chi connectivity index (χ4n) is 2.24. The van der Waals surface area contributed by atoms with Gasteiger partial charge >= 0.3 is 5.97 Å². The van der Waals surface area contributed by atoms with Gasteiger partial charge in [0.15, 0.2) is 0 Å². The number of esters is 1. The van der Waals surface area contributed by atoms with E-state index in [1.807, 2.05) is 12.3 Å². The summed E-state index contributed by atoms with van der Waals surface area (Å²) >= 11 is 7.38. The molecule has 0 spiro atoms. The normalized spacial score (nSPS) is 10.7. The maximum absolute atomic E-state index is 12.1. The second-order valence-electron chi connectivity index (χ2n) is 5.62. The van der Waals surface area contributed by atoms with Crippen LogP contribution < -0.4 is 10.2 Å². The Morgan fingerprint density at radius 3 is 2.74 bits per heavy atom. The van der Waals surface area contributed by atoms with Gasteiger partial charge in [0.2, 0.25) is 0 Å². The number of aryl methyl sites for hydroxylation is 1. The summed E-state index contributed by atoms with van der Waals surface area (Å²) in [6.45, 7) is 1.89. The number of hydrogen-bond acceptors (Lipinski definition) is 5. The number of benzene rings is 2. The van der Waals surface area contributed by atoms with Gasteiger partial charge in [-0.25, -0.2) is 10.2 Å².